The second-order valence-corrected chi connectivity index (χ2v) is 4.97. The van der Waals surface area contributed by atoms with Crippen LogP contribution in [0.1, 0.15) is 36.7 Å². The molecule has 1 aromatic heterocycles. The normalized spacial score (nSPS) is 12.4. The number of carboxylic acid groups (broad SMARTS) is 1. The van der Waals surface area contributed by atoms with Gasteiger partial charge in [-0.05, 0) is 31.5 Å². The lowest BCUT2D eigenvalue weighted by molar-refractivity contribution is 0.0697. The molecule has 2 aromatic rings. The molecule has 0 aliphatic heterocycles. The molecule has 1 aromatic carbocycles. The molecule has 0 saturated carbocycles. The van der Waals surface area contributed by atoms with Crippen molar-refractivity contribution in [1.82, 2.24) is 9.78 Å². The Labute approximate surface area is 120 Å². The summed E-state index contributed by atoms with van der Waals surface area (Å²) in [5.41, 5.74) is 0.850. The standard InChI is InChI=1S/C14H14ClFN2O2/c1-3-8(2)18-7-10(14(19)20)13(17-18)9-4-5-12(16)11(15)6-9/h4-8H,3H2,1-2H3,(H,19,20). The Balaban J connectivity index is 2.56. The van der Waals surface area contributed by atoms with Crippen molar-refractivity contribution < 1.29 is 14.3 Å². The predicted molar refractivity (Wildman–Crippen MR) is 74.6 cm³/mol. The molecule has 6 heteroatoms. The van der Waals surface area contributed by atoms with Crippen LogP contribution < -0.4 is 0 Å². The highest BCUT2D eigenvalue weighted by Gasteiger charge is 2.19. The summed E-state index contributed by atoms with van der Waals surface area (Å²) in [6.07, 6.45) is 2.31. The van der Waals surface area contributed by atoms with Crippen molar-refractivity contribution in [3.05, 3.63) is 40.8 Å². The highest BCUT2D eigenvalue weighted by molar-refractivity contribution is 6.31. The van der Waals surface area contributed by atoms with Crippen LogP contribution in [0.2, 0.25) is 5.02 Å². The van der Waals surface area contributed by atoms with Gasteiger partial charge >= 0.3 is 5.97 Å². The van der Waals surface area contributed by atoms with Gasteiger partial charge in [-0.25, -0.2) is 9.18 Å². The van der Waals surface area contributed by atoms with Crippen LogP contribution in [0.5, 0.6) is 0 Å². The maximum atomic E-state index is 13.2. The third-order valence-electron chi connectivity index (χ3n) is 3.20. The Bertz CT molecular complexity index is 655. The predicted octanol–water partition coefficient (Wildman–Crippen LogP) is 4.01. The van der Waals surface area contributed by atoms with E-state index in [0.717, 1.165) is 6.42 Å². The van der Waals surface area contributed by atoms with Gasteiger partial charge in [-0.2, -0.15) is 5.10 Å². The van der Waals surface area contributed by atoms with E-state index in [9.17, 15) is 14.3 Å². The summed E-state index contributed by atoms with van der Waals surface area (Å²) in [6, 6.07) is 4.13. The molecule has 0 bridgehead atoms. The maximum absolute atomic E-state index is 13.2. The first-order chi connectivity index (χ1) is 9.43. The fourth-order valence-corrected chi connectivity index (χ4v) is 2.00. The molecule has 0 aliphatic rings. The van der Waals surface area contributed by atoms with Gasteiger partial charge in [0.05, 0.1) is 5.02 Å². The minimum atomic E-state index is -1.07. The Morgan fingerprint density at radius 1 is 1.55 bits per heavy atom. The Morgan fingerprint density at radius 2 is 2.25 bits per heavy atom. The first-order valence-electron chi connectivity index (χ1n) is 6.22. The number of carbonyl (C=O) groups is 1. The molecule has 0 fully saturated rings. The van der Waals surface area contributed by atoms with Gasteiger partial charge in [0.1, 0.15) is 17.1 Å². The zero-order valence-electron chi connectivity index (χ0n) is 11.1. The van der Waals surface area contributed by atoms with Crippen LogP contribution in [-0.2, 0) is 0 Å². The molecule has 20 heavy (non-hydrogen) atoms. The first kappa shape index (κ1) is 14.5. The number of benzene rings is 1. The van der Waals surface area contributed by atoms with E-state index in [4.69, 9.17) is 11.6 Å². The molecule has 0 amide bonds. The fourth-order valence-electron chi connectivity index (χ4n) is 1.82. The minimum Gasteiger partial charge on any atom is -0.478 e. The molecular weight excluding hydrogens is 283 g/mol. The number of aromatic nitrogens is 2. The summed E-state index contributed by atoms with van der Waals surface area (Å²) in [5, 5.41) is 13.5. The third kappa shape index (κ3) is 2.67. The SMILES string of the molecule is CCC(C)n1cc(C(=O)O)c(-c2ccc(F)c(Cl)c2)n1. The molecule has 0 saturated heterocycles. The van der Waals surface area contributed by atoms with Crippen molar-refractivity contribution >= 4 is 17.6 Å². The average molecular weight is 297 g/mol. The maximum Gasteiger partial charge on any atom is 0.339 e. The lowest BCUT2D eigenvalue weighted by Gasteiger charge is -2.08. The topological polar surface area (TPSA) is 55.1 Å². The largest absolute Gasteiger partial charge is 0.478 e. The van der Waals surface area contributed by atoms with E-state index in [1.807, 2.05) is 13.8 Å². The molecule has 1 unspecified atom stereocenters. The number of rotatable bonds is 4. The smallest absolute Gasteiger partial charge is 0.339 e. The number of nitrogens with zero attached hydrogens (tertiary/aromatic N) is 2. The zero-order valence-corrected chi connectivity index (χ0v) is 11.9. The lowest BCUT2D eigenvalue weighted by atomic mass is 10.1. The van der Waals surface area contributed by atoms with Gasteiger partial charge in [0.2, 0.25) is 0 Å². The summed E-state index contributed by atoms with van der Waals surface area (Å²) in [5.74, 6) is -1.62. The van der Waals surface area contributed by atoms with Crippen LogP contribution in [0.25, 0.3) is 11.3 Å². The Kier molecular flexibility index (Phi) is 4.09. The molecule has 0 aliphatic carbocycles. The summed E-state index contributed by atoms with van der Waals surface area (Å²) in [7, 11) is 0. The fraction of sp³-hybridized carbons (Fsp3) is 0.286. The van der Waals surface area contributed by atoms with Crippen molar-refractivity contribution in [1.29, 1.82) is 0 Å². The van der Waals surface area contributed by atoms with Gasteiger partial charge in [0.15, 0.2) is 0 Å². The van der Waals surface area contributed by atoms with Gasteiger partial charge in [-0.15, -0.1) is 0 Å². The van der Waals surface area contributed by atoms with Gasteiger partial charge in [-0.1, -0.05) is 18.5 Å². The Hall–Kier alpha value is -1.88. The van der Waals surface area contributed by atoms with Gasteiger partial charge in [-0.3, -0.25) is 4.68 Å². The summed E-state index contributed by atoms with van der Waals surface area (Å²) >= 11 is 5.74. The monoisotopic (exact) mass is 296 g/mol. The third-order valence-corrected chi connectivity index (χ3v) is 3.49. The van der Waals surface area contributed by atoms with Crippen LogP contribution in [0.4, 0.5) is 4.39 Å². The van der Waals surface area contributed by atoms with Crippen LogP contribution >= 0.6 is 11.6 Å². The number of halogens is 2. The summed E-state index contributed by atoms with van der Waals surface area (Å²) in [6.45, 7) is 3.93. The first-order valence-corrected chi connectivity index (χ1v) is 6.59. The second-order valence-electron chi connectivity index (χ2n) is 4.56. The highest BCUT2D eigenvalue weighted by Crippen LogP contribution is 2.27. The van der Waals surface area contributed by atoms with Crippen molar-refractivity contribution in [3.8, 4) is 11.3 Å². The molecule has 1 atom stereocenters. The number of hydrogen-bond acceptors (Lipinski definition) is 2. The van der Waals surface area contributed by atoms with Crippen LogP contribution in [0.15, 0.2) is 24.4 Å². The van der Waals surface area contributed by atoms with Crippen molar-refractivity contribution in [2.45, 2.75) is 26.3 Å². The number of aromatic carboxylic acids is 1. The molecule has 0 radical (unpaired) electrons. The summed E-state index contributed by atoms with van der Waals surface area (Å²) < 4.78 is 14.8. The zero-order chi connectivity index (χ0) is 14.9. The van der Waals surface area contributed by atoms with E-state index >= 15 is 0 Å². The lowest BCUT2D eigenvalue weighted by Crippen LogP contribution is -2.04. The van der Waals surface area contributed by atoms with E-state index in [2.05, 4.69) is 5.10 Å². The van der Waals surface area contributed by atoms with Crippen LogP contribution in [0.3, 0.4) is 0 Å². The summed E-state index contributed by atoms with van der Waals surface area (Å²) in [4.78, 5) is 11.3. The van der Waals surface area contributed by atoms with Gasteiger partial charge in [0.25, 0.3) is 0 Å². The molecule has 2 rings (SSSR count). The van der Waals surface area contributed by atoms with Crippen LogP contribution in [-0.4, -0.2) is 20.9 Å². The molecule has 106 valence electrons. The van der Waals surface area contributed by atoms with E-state index in [-0.39, 0.29) is 16.6 Å². The second kappa shape index (κ2) is 5.63. The van der Waals surface area contributed by atoms with E-state index in [0.29, 0.717) is 11.3 Å². The molecule has 4 nitrogen and oxygen atoms in total. The van der Waals surface area contributed by atoms with Crippen LogP contribution in [0, 0.1) is 5.82 Å². The van der Waals surface area contributed by atoms with Crippen molar-refractivity contribution in [3.63, 3.8) is 0 Å². The molecule has 1 heterocycles. The highest BCUT2D eigenvalue weighted by atomic mass is 35.5. The molecule has 1 N–H and O–H groups in total. The Morgan fingerprint density at radius 3 is 2.80 bits per heavy atom. The van der Waals surface area contributed by atoms with E-state index < -0.39 is 11.8 Å². The van der Waals surface area contributed by atoms with E-state index in [1.54, 1.807) is 4.68 Å². The molecular formula is C14H14ClFN2O2. The van der Waals surface area contributed by atoms with Crippen molar-refractivity contribution in [2.24, 2.45) is 0 Å². The van der Waals surface area contributed by atoms with Gasteiger partial charge < -0.3 is 5.11 Å². The number of carboxylic acids is 1. The van der Waals surface area contributed by atoms with Gasteiger partial charge in [0, 0.05) is 17.8 Å². The molecule has 0 spiro atoms. The van der Waals surface area contributed by atoms with E-state index in [1.165, 1.54) is 24.4 Å². The van der Waals surface area contributed by atoms with Crippen molar-refractivity contribution in [2.75, 3.05) is 0 Å². The number of hydrogen-bond donors (Lipinski definition) is 1. The minimum absolute atomic E-state index is 0.0584. The quantitative estimate of drug-likeness (QED) is 0.927. The average Bonchev–Trinajstić information content (AvgIpc) is 2.86.